The van der Waals surface area contributed by atoms with Crippen molar-refractivity contribution >= 4 is 28.5 Å². The lowest BCUT2D eigenvalue weighted by Gasteiger charge is -2.32. The Labute approximate surface area is 270 Å². The maximum absolute atomic E-state index is 13.6. The van der Waals surface area contributed by atoms with Gasteiger partial charge in [0.15, 0.2) is 5.78 Å². The van der Waals surface area contributed by atoms with Crippen LogP contribution >= 0.6 is 0 Å². The zero-order valence-electron chi connectivity index (χ0n) is 27.7. The van der Waals surface area contributed by atoms with Gasteiger partial charge >= 0.3 is 0 Å². The SMILES string of the molecule is CC(=O)c1nn2c3c(cc(-c4cnc(C)nc4)cc13)CCCCCCC(=O)NC[C@@]13C[C@@H](C(=O)NCC(C)(C)C)N(C(O)C2)[C@@H]1C3. The fourth-order valence-corrected chi connectivity index (χ4v) is 7.31. The van der Waals surface area contributed by atoms with E-state index in [0.717, 1.165) is 66.1 Å². The van der Waals surface area contributed by atoms with Crippen molar-refractivity contribution in [2.45, 2.75) is 111 Å². The van der Waals surface area contributed by atoms with E-state index in [1.807, 2.05) is 17.9 Å². The van der Waals surface area contributed by atoms with Crippen molar-refractivity contribution in [2.75, 3.05) is 13.1 Å². The quantitative estimate of drug-likeness (QED) is 0.369. The van der Waals surface area contributed by atoms with E-state index in [2.05, 4.69) is 47.4 Å². The van der Waals surface area contributed by atoms with Gasteiger partial charge in [-0.05, 0) is 67.7 Å². The zero-order chi connectivity index (χ0) is 32.8. The molecule has 11 heteroatoms. The van der Waals surface area contributed by atoms with E-state index in [4.69, 9.17) is 5.10 Å². The Balaban J connectivity index is 1.41. The third kappa shape index (κ3) is 6.57. The number of aliphatic hydroxyl groups excluding tert-OH is 1. The number of carbonyl (C=O) groups is 3. The molecule has 2 fully saturated rings. The second-order valence-electron chi connectivity index (χ2n) is 14.8. The second kappa shape index (κ2) is 12.5. The highest BCUT2D eigenvalue weighted by molar-refractivity contribution is 6.06. The number of benzene rings is 1. The predicted molar refractivity (Wildman–Crippen MR) is 175 cm³/mol. The standard InChI is InChI=1S/C35H47N7O4/c1-21(43)31-26-13-24(25-16-36-22(2)37-17-25)12-23-10-8-6-7-9-11-29(44)38-20-35-14-27(33(46)39-19-34(3,4)5)42(28(35)15-35)30(45)18-41(40-31)32(23)26/h12-13,16-17,27-28,30,45H,6-11,14-15,18-20H2,1-5H3,(H,38,44)(H,39,46)/t27-,28+,30?,35-/m0/s1. The zero-order valence-corrected chi connectivity index (χ0v) is 27.7. The smallest absolute Gasteiger partial charge is 0.237 e. The van der Waals surface area contributed by atoms with Crippen molar-refractivity contribution in [2.24, 2.45) is 10.8 Å². The van der Waals surface area contributed by atoms with E-state index < -0.39 is 12.3 Å². The van der Waals surface area contributed by atoms with Crippen LogP contribution < -0.4 is 10.6 Å². The first-order valence-corrected chi connectivity index (χ1v) is 16.7. The molecule has 46 heavy (non-hydrogen) atoms. The average molecular weight is 630 g/mol. The van der Waals surface area contributed by atoms with E-state index in [0.29, 0.717) is 37.4 Å². The van der Waals surface area contributed by atoms with Crippen LogP contribution in [0, 0.1) is 17.8 Å². The van der Waals surface area contributed by atoms with Crippen molar-refractivity contribution < 1.29 is 19.5 Å². The molecule has 6 rings (SSSR count). The summed E-state index contributed by atoms with van der Waals surface area (Å²) in [4.78, 5) is 50.1. The van der Waals surface area contributed by atoms with Gasteiger partial charge in [0.25, 0.3) is 0 Å². The number of nitrogens with zero attached hydrogens (tertiary/aromatic N) is 5. The lowest BCUT2D eigenvalue weighted by atomic mass is 9.95. The topological polar surface area (TPSA) is 142 Å². The number of carbonyl (C=O) groups excluding carboxylic acids is 3. The number of Topliss-reactive ketones (excluding diaryl/α,β-unsaturated/α-hetero) is 1. The number of ketones is 1. The number of piperidine rings is 1. The Morgan fingerprint density at radius 2 is 1.78 bits per heavy atom. The van der Waals surface area contributed by atoms with Crippen molar-refractivity contribution in [1.82, 2.24) is 35.3 Å². The number of nitrogens with one attached hydrogen (secondary N) is 2. The van der Waals surface area contributed by atoms with Crippen LogP contribution in [0.25, 0.3) is 22.0 Å². The van der Waals surface area contributed by atoms with Crippen molar-refractivity contribution in [3.63, 3.8) is 0 Å². The molecule has 1 aliphatic carbocycles. The van der Waals surface area contributed by atoms with Gasteiger partial charge < -0.3 is 15.7 Å². The van der Waals surface area contributed by atoms with Gasteiger partial charge in [-0.3, -0.25) is 24.0 Å². The first kappa shape index (κ1) is 32.2. The summed E-state index contributed by atoms with van der Waals surface area (Å²) < 4.78 is 1.77. The Bertz CT molecular complexity index is 1640. The number of rotatable bonds is 4. The van der Waals surface area contributed by atoms with Gasteiger partial charge in [-0.2, -0.15) is 5.10 Å². The number of aliphatic hydroxyl groups is 1. The Morgan fingerprint density at radius 3 is 2.48 bits per heavy atom. The van der Waals surface area contributed by atoms with Crippen LogP contribution in [0.1, 0.15) is 94.5 Å². The predicted octanol–water partition coefficient (Wildman–Crippen LogP) is 3.94. The van der Waals surface area contributed by atoms with Gasteiger partial charge in [0.05, 0.1) is 18.1 Å². The summed E-state index contributed by atoms with van der Waals surface area (Å²) >= 11 is 0. The molecule has 2 unspecified atom stereocenters. The van der Waals surface area contributed by atoms with Crippen LogP contribution in [-0.4, -0.2) is 78.8 Å². The molecule has 3 aliphatic rings. The number of aromatic nitrogens is 4. The highest BCUT2D eigenvalue weighted by Gasteiger charge is 2.67. The number of aryl methyl sites for hydroxylation is 2. The largest absolute Gasteiger partial charge is 0.376 e. The summed E-state index contributed by atoms with van der Waals surface area (Å²) in [7, 11) is 0. The monoisotopic (exact) mass is 629 g/mol. The van der Waals surface area contributed by atoms with Gasteiger partial charge in [-0.1, -0.05) is 33.6 Å². The molecular formula is C35H47N7O4. The summed E-state index contributed by atoms with van der Waals surface area (Å²) in [5.74, 6) is 0.465. The Kier molecular flexibility index (Phi) is 8.75. The van der Waals surface area contributed by atoms with Crippen LogP contribution in [0.4, 0.5) is 0 Å². The summed E-state index contributed by atoms with van der Waals surface area (Å²) in [6.07, 6.45) is 8.78. The summed E-state index contributed by atoms with van der Waals surface area (Å²) in [5, 5.41) is 23.7. The molecule has 5 atom stereocenters. The fraction of sp³-hybridized carbons (Fsp3) is 0.600. The minimum atomic E-state index is -1.02. The molecule has 0 spiro atoms. The molecule has 1 saturated heterocycles. The maximum atomic E-state index is 13.6. The highest BCUT2D eigenvalue weighted by Crippen LogP contribution is 2.59. The molecule has 0 radical (unpaired) electrons. The van der Waals surface area contributed by atoms with Crippen molar-refractivity contribution in [1.29, 1.82) is 0 Å². The summed E-state index contributed by atoms with van der Waals surface area (Å²) in [6.45, 7) is 10.7. The van der Waals surface area contributed by atoms with Crippen LogP contribution in [0.2, 0.25) is 0 Å². The van der Waals surface area contributed by atoms with Crippen LogP contribution in [0.15, 0.2) is 24.5 Å². The summed E-state index contributed by atoms with van der Waals surface area (Å²) in [6, 6.07) is 3.53. The van der Waals surface area contributed by atoms with Gasteiger partial charge in [0, 0.05) is 61.2 Å². The van der Waals surface area contributed by atoms with E-state index in [9.17, 15) is 19.5 Å². The number of hydrogen-bond donors (Lipinski definition) is 3. The summed E-state index contributed by atoms with van der Waals surface area (Å²) in [5.41, 5.74) is 3.64. The van der Waals surface area contributed by atoms with Gasteiger partial charge in [-0.25, -0.2) is 9.97 Å². The fourth-order valence-electron chi connectivity index (χ4n) is 7.31. The molecule has 3 aromatic rings. The van der Waals surface area contributed by atoms with E-state index in [1.54, 1.807) is 17.1 Å². The molecule has 4 heterocycles. The minimum absolute atomic E-state index is 0.0365. The molecular weight excluding hydrogens is 582 g/mol. The molecule has 3 N–H and O–H groups in total. The molecule has 2 amide bonds. The van der Waals surface area contributed by atoms with E-state index >= 15 is 0 Å². The molecule has 2 aliphatic heterocycles. The van der Waals surface area contributed by atoms with Gasteiger partial charge in [0.1, 0.15) is 17.7 Å². The molecule has 2 bridgehead atoms. The molecule has 1 saturated carbocycles. The number of hydrogen-bond acceptors (Lipinski definition) is 8. The van der Waals surface area contributed by atoms with Crippen LogP contribution in [-0.2, 0) is 22.6 Å². The molecule has 1 aromatic carbocycles. The minimum Gasteiger partial charge on any atom is -0.376 e. The maximum Gasteiger partial charge on any atom is 0.237 e. The Morgan fingerprint density at radius 1 is 1.07 bits per heavy atom. The van der Waals surface area contributed by atoms with Gasteiger partial charge in [0.2, 0.25) is 11.8 Å². The second-order valence-corrected chi connectivity index (χ2v) is 14.8. The molecule has 246 valence electrons. The lowest BCUT2D eigenvalue weighted by Crippen LogP contribution is -2.52. The molecule has 2 aromatic heterocycles. The first-order valence-electron chi connectivity index (χ1n) is 16.7. The highest BCUT2D eigenvalue weighted by atomic mass is 16.3. The average Bonchev–Trinajstić information content (AvgIpc) is 3.41. The van der Waals surface area contributed by atoms with E-state index in [-0.39, 0.29) is 41.0 Å². The third-order valence-corrected chi connectivity index (χ3v) is 9.85. The lowest BCUT2D eigenvalue weighted by molar-refractivity contribution is -0.131. The van der Waals surface area contributed by atoms with Crippen molar-refractivity contribution in [3.8, 4) is 11.1 Å². The first-order chi connectivity index (χ1) is 21.8. The molecule has 11 nitrogen and oxygen atoms in total. The normalized spacial score (nSPS) is 27.0. The van der Waals surface area contributed by atoms with Crippen molar-refractivity contribution in [3.05, 3.63) is 41.6 Å². The van der Waals surface area contributed by atoms with Crippen LogP contribution in [0.3, 0.4) is 0 Å². The number of amides is 2. The third-order valence-electron chi connectivity index (χ3n) is 9.85. The van der Waals surface area contributed by atoms with E-state index in [1.165, 1.54) is 6.92 Å². The van der Waals surface area contributed by atoms with Crippen LogP contribution in [0.5, 0.6) is 0 Å². The van der Waals surface area contributed by atoms with Gasteiger partial charge in [-0.15, -0.1) is 0 Å². The Hall–Kier alpha value is -3.70.